The Kier molecular flexibility index (Phi) is 4.72. The number of nitrogens with zero attached hydrogens (tertiary/aromatic N) is 1. The second-order valence-electron chi connectivity index (χ2n) is 4.30. The van der Waals surface area contributed by atoms with Crippen LogP contribution in [0.1, 0.15) is 12.5 Å². The van der Waals surface area contributed by atoms with Crippen LogP contribution in [0.2, 0.25) is 0 Å². The molecule has 2 N–H and O–H groups in total. The number of ether oxygens (including phenoxy) is 1. The zero-order chi connectivity index (χ0) is 15.3. The summed E-state index contributed by atoms with van der Waals surface area (Å²) < 4.78 is 27.6. The maximum absolute atomic E-state index is 11.1. The van der Waals surface area contributed by atoms with Crippen LogP contribution in [-0.2, 0) is 10.0 Å². The molecule has 0 amide bonds. The predicted octanol–water partition coefficient (Wildman–Crippen LogP) is 2.48. The first-order valence-corrected chi connectivity index (χ1v) is 7.93. The van der Waals surface area contributed by atoms with Crippen molar-refractivity contribution in [3.63, 3.8) is 0 Å². The van der Waals surface area contributed by atoms with E-state index in [0.29, 0.717) is 12.3 Å². The lowest BCUT2D eigenvalue weighted by atomic mass is 10.2. The summed E-state index contributed by atoms with van der Waals surface area (Å²) in [7, 11) is -3.66. The third-order valence-corrected chi connectivity index (χ3v) is 3.65. The van der Waals surface area contributed by atoms with E-state index in [1.54, 1.807) is 18.3 Å². The molecule has 0 aromatic heterocycles. The molecule has 21 heavy (non-hydrogen) atoms. The molecule has 0 fully saturated rings. The van der Waals surface area contributed by atoms with E-state index < -0.39 is 10.0 Å². The SMILES string of the molecule is CCOc1ccc(/C=N/c2ccc(S(N)(=O)=O)cc2)cc1. The average molecular weight is 304 g/mol. The molecule has 2 aromatic carbocycles. The van der Waals surface area contributed by atoms with Gasteiger partial charge < -0.3 is 4.74 Å². The number of rotatable bonds is 5. The smallest absolute Gasteiger partial charge is 0.238 e. The van der Waals surface area contributed by atoms with Crippen molar-refractivity contribution in [2.75, 3.05) is 6.61 Å². The fraction of sp³-hybridized carbons (Fsp3) is 0.133. The van der Waals surface area contributed by atoms with Crippen molar-refractivity contribution in [3.05, 3.63) is 54.1 Å². The van der Waals surface area contributed by atoms with E-state index >= 15 is 0 Å². The van der Waals surface area contributed by atoms with Crippen LogP contribution in [0.5, 0.6) is 5.75 Å². The maximum Gasteiger partial charge on any atom is 0.238 e. The van der Waals surface area contributed by atoms with Crippen LogP contribution in [0.25, 0.3) is 0 Å². The summed E-state index contributed by atoms with van der Waals surface area (Å²) in [5, 5.41) is 5.03. The Morgan fingerprint density at radius 1 is 1.10 bits per heavy atom. The van der Waals surface area contributed by atoms with Gasteiger partial charge in [0.15, 0.2) is 0 Å². The van der Waals surface area contributed by atoms with Gasteiger partial charge in [0.2, 0.25) is 10.0 Å². The summed E-state index contributed by atoms with van der Waals surface area (Å²) >= 11 is 0. The Balaban J connectivity index is 2.10. The molecule has 0 bridgehead atoms. The molecule has 0 unspecified atom stereocenters. The molecule has 0 aliphatic carbocycles. The summed E-state index contributed by atoms with van der Waals surface area (Å²) in [6, 6.07) is 13.6. The van der Waals surface area contributed by atoms with Gasteiger partial charge in [0, 0.05) is 6.21 Å². The topological polar surface area (TPSA) is 81.8 Å². The van der Waals surface area contributed by atoms with Crippen molar-refractivity contribution in [1.82, 2.24) is 0 Å². The van der Waals surface area contributed by atoms with E-state index in [2.05, 4.69) is 4.99 Å². The van der Waals surface area contributed by atoms with Crippen LogP contribution >= 0.6 is 0 Å². The lowest BCUT2D eigenvalue weighted by Gasteiger charge is -2.02. The first-order valence-electron chi connectivity index (χ1n) is 6.39. The molecular weight excluding hydrogens is 288 g/mol. The fourth-order valence-electron chi connectivity index (χ4n) is 1.69. The molecule has 0 radical (unpaired) electrons. The normalized spacial score (nSPS) is 11.7. The highest BCUT2D eigenvalue weighted by Gasteiger charge is 2.05. The Hall–Kier alpha value is -2.18. The van der Waals surface area contributed by atoms with Gasteiger partial charge in [-0.05, 0) is 61.0 Å². The quantitative estimate of drug-likeness (QED) is 0.862. The summed E-state index contributed by atoms with van der Waals surface area (Å²) in [6.07, 6.45) is 1.70. The zero-order valence-corrected chi connectivity index (χ0v) is 12.4. The standard InChI is InChI=1S/C15H16N2O3S/c1-2-20-14-7-3-12(4-8-14)11-17-13-5-9-15(10-6-13)21(16,18)19/h3-11H,2H2,1H3,(H2,16,18,19)/b17-11+. The fourth-order valence-corrected chi connectivity index (χ4v) is 2.20. The van der Waals surface area contributed by atoms with Gasteiger partial charge in [0.1, 0.15) is 5.75 Å². The Bertz CT molecular complexity index is 721. The summed E-state index contributed by atoms with van der Waals surface area (Å²) in [4.78, 5) is 4.35. The average Bonchev–Trinajstić information content (AvgIpc) is 2.46. The molecule has 0 heterocycles. The third kappa shape index (κ3) is 4.40. The Morgan fingerprint density at radius 2 is 1.71 bits per heavy atom. The van der Waals surface area contributed by atoms with Gasteiger partial charge in [0.05, 0.1) is 17.2 Å². The van der Waals surface area contributed by atoms with E-state index in [1.807, 2.05) is 31.2 Å². The van der Waals surface area contributed by atoms with Gasteiger partial charge in [-0.1, -0.05) is 0 Å². The first kappa shape index (κ1) is 15.2. The van der Waals surface area contributed by atoms with E-state index in [0.717, 1.165) is 11.3 Å². The minimum absolute atomic E-state index is 0.0718. The Labute approximate surface area is 124 Å². The molecular formula is C15H16N2O3S. The van der Waals surface area contributed by atoms with Crippen LogP contribution in [0, 0.1) is 0 Å². The van der Waals surface area contributed by atoms with Crippen molar-refractivity contribution >= 4 is 21.9 Å². The highest BCUT2D eigenvalue weighted by atomic mass is 32.2. The number of aliphatic imine (C=N–C) groups is 1. The summed E-state index contributed by atoms with van der Waals surface area (Å²) in [5.74, 6) is 0.812. The van der Waals surface area contributed by atoms with Crippen LogP contribution in [0.15, 0.2) is 58.4 Å². The number of hydrogen-bond donors (Lipinski definition) is 1. The number of benzene rings is 2. The van der Waals surface area contributed by atoms with Crippen LogP contribution in [0.3, 0.4) is 0 Å². The first-order chi connectivity index (χ1) is 9.99. The molecule has 0 aliphatic rings. The van der Waals surface area contributed by atoms with Gasteiger partial charge in [0.25, 0.3) is 0 Å². The Morgan fingerprint density at radius 3 is 2.24 bits per heavy atom. The van der Waals surface area contributed by atoms with Gasteiger partial charge in [-0.2, -0.15) is 0 Å². The van der Waals surface area contributed by atoms with E-state index in [-0.39, 0.29) is 4.90 Å². The highest BCUT2D eigenvalue weighted by Crippen LogP contribution is 2.16. The van der Waals surface area contributed by atoms with E-state index in [4.69, 9.17) is 9.88 Å². The highest BCUT2D eigenvalue weighted by molar-refractivity contribution is 7.89. The largest absolute Gasteiger partial charge is 0.494 e. The molecule has 2 aromatic rings. The second-order valence-corrected chi connectivity index (χ2v) is 5.86. The van der Waals surface area contributed by atoms with Crippen molar-refractivity contribution in [3.8, 4) is 5.75 Å². The van der Waals surface area contributed by atoms with E-state index in [9.17, 15) is 8.42 Å². The number of nitrogens with two attached hydrogens (primary N) is 1. The molecule has 0 saturated heterocycles. The van der Waals surface area contributed by atoms with Crippen LogP contribution in [0.4, 0.5) is 5.69 Å². The molecule has 0 saturated carbocycles. The van der Waals surface area contributed by atoms with Gasteiger partial charge in [-0.3, -0.25) is 4.99 Å². The van der Waals surface area contributed by atoms with Crippen LogP contribution < -0.4 is 9.88 Å². The molecule has 110 valence electrons. The summed E-state index contributed by atoms with van der Waals surface area (Å²) in [5.41, 5.74) is 1.57. The second kappa shape index (κ2) is 6.51. The molecule has 0 aliphatic heterocycles. The monoisotopic (exact) mass is 304 g/mol. The molecule has 0 atom stereocenters. The molecule has 0 spiro atoms. The minimum atomic E-state index is -3.66. The van der Waals surface area contributed by atoms with E-state index in [1.165, 1.54) is 12.1 Å². The van der Waals surface area contributed by atoms with Crippen molar-refractivity contribution in [1.29, 1.82) is 0 Å². The van der Waals surface area contributed by atoms with Gasteiger partial charge in [-0.25, -0.2) is 13.6 Å². The number of sulfonamides is 1. The molecule has 6 heteroatoms. The predicted molar refractivity (Wildman–Crippen MR) is 82.7 cm³/mol. The number of primary sulfonamides is 1. The van der Waals surface area contributed by atoms with Crippen molar-refractivity contribution in [2.24, 2.45) is 10.1 Å². The summed E-state index contributed by atoms with van der Waals surface area (Å²) in [6.45, 7) is 2.56. The molecule has 2 rings (SSSR count). The molecule has 5 nitrogen and oxygen atoms in total. The van der Waals surface area contributed by atoms with Gasteiger partial charge >= 0.3 is 0 Å². The van der Waals surface area contributed by atoms with Crippen molar-refractivity contribution in [2.45, 2.75) is 11.8 Å². The third-order valence-electron chi connectivity index (χ3n) is 2.72. The lowest BCUT2D eigenvalue weighted by Crippen LogP contribution is -2.11. The van der Waals surface area contributed by atoms with Gasteiger partial charge in [-0.15, -0.1) is 0 Å². The lowest BCUT2D eigenvalue weighted by molar-refractivity contribution is 0.340. The number of hydrogen-bond acceptors (Lipinski definition) is 4. The minimum Gasteiger partial charge on any atom is -0.494 e. The van der Waals surface area contributed by atoms with Crippen molar-refractivity contribution < 1.29 is 13.2 Å². The van der Waals surface area contributed by atoms with Crippen LogP contribution in [-0.4, -0.2) is 21.2 Å². The maximum atomic E-state index is 11.1. The zero-order valence-electron chi connectivity index (χ0n) is 11.6.